The molecule has 15 heavy (non-hydrogen) atoms. The lowest BCUT2D eigenvalue weighted by Gasteiger charge is -2.35. The molecule has 4 heteroatoms. The maximum absolute atomic E-state index is 6.08. The number of rotatable bonds is 6. The molecule has 0 aliphatic rings. The summed E-state index contributed by atoms with van der Waals surface area (Å²) in [5.74, 6) is 0. The number of hydrogen-bond acceptors (Lipinski definition) is 2. The highest BCUT2D eigenvalue weighted by molar-refractivity contribution is 6.90. The molecule has 0 saturated carbocycles. The third-order valence-corrected chi connectivity index (χ3v) is 10.6. The van der Waals surface area contributed by atoms with Gasteiger partial charge in [-0.25, -0.2) is 0 Å². The summed E-state index contributed by atoms with van der Waals surface area (Å²) in [7, 11) is -3.06. The van der Waals surface area contributed by atoms with Crippen molar-refractivity contribution in [3.8, 4) is 0 Å². The third-order valence-electron chi connectivity index (χ3n) is 1.82. The summed E-state index contributed by atoms with van der Waals surface area (Å²) in [5.41, 5.74) is 1.18. The average Bonchev–Trinajstić information content (AvgIpc) is 1.73. The van der Waals surface area contributed by atoms with Crippen molar-refractivity contribution in [3.63, 3.8) is 0 Å². The van der Waals surface area contributed by atoms with Crippen molar-refractivity contribution in [2.24, 2.45) is 0 Å². The molecule has 0 N–H and O–H groups in total. The van der Waals surface area contributed by atoms with Gasteiger partial charge < -0.3 is 8.85 Å². The maximum atomic E-state index is 6.08. The topological polar surface area (TPSA) is 18.5 Å². The molecule has 0 aliphatic carbocycles. The Labute approximate surface area is 97.6 Å². The minimum atomic E-state index is -1.95. The molecule has 2 nitrogen and oxygen atoms in total. The highest BCUT2D eigenvalue weighted by atomic mass is 28.4. The van der Waals surface area contributed by atoms with E-state index in [1.807, 2.05) is 0 Å². The van der Waals surface area contributed by atoms with Crippen LogP contribution in [0.2, 0.25) is 31.9 Å². The van der Waals surface area contributed by atoms with E-state index in [0.29, 0.717) is 0 Å². The standard InChI is InChI=1S/C11H28O2Si2/c1-10(2)12-15(8,13-11(3)4)9-14(5,6)7/h10-11H,9H2,1-8H3. The van der Waals surface area contributed by atoms with Crippen molar-refractivity contribution >= 4 is 16.6 Å². The highest BCUT2D eigenvalue weighted by Gasteiger charge is 2.38. The van der Waals surface area contributed by atoms with Crippen molar-refractivity contribution < 1.29 is 8.85 Å². The summed E-state index contributed by atoms with van der Waals surface area (Å²) in [6.07, 6.45) is 0.550. The first-order valence-electron chi connectivity index (χ1n) is 5.90. The van der Waals surface area contributed by atoms with Gasteiger partial charge in [-0.2, -0.15) is 0 Å². The van der Waals surface area contributed by atoms with E-state index >= 15 is 0 Å². The van der Waals surface area contributed by atoms with Gasteiger partial charge in [0.1, 0.15) is 0 Å². The van der Waals surface area contributed by atoms with Gasteiger partial charge in [0, 0.05) is 20.3 Å². The minimum Gasteiger partial charge on any atom is -0.392 e. The molecule has 0 bridgehead atoms. The van der Waals surface area contributed by atoms with E-state index in [0.717, 1.165) is 0 Å². The van der Waals surface area contributed by atoms with E-state index in [9.17, 15) is 0 Å². The Morgan fingerprint density at radius 1 is 0.800 bits per heavy atom. The zero-order valence-electron chi connectivity index (χ0n) is 11.7. The molecule has 0 rings (SSSR count). The second-order valence-corrected chi connectivity index (χ2v) is 15.5. The van der Waals surface area contributed by atoms with Gasteiger partial charge in [-0.3, -0.25) is 0 Å². The zero-order chi connectivity index (χ0) is 12.3. The van der Waals surface area contributed by atoms with Crippen LogP contribution in [0.15, 0.2) is 0 Å². The molecule has 0 fully saturated rings. The molecule has 0 atom stereocenters. The third kappa shape index (κ3) is 8.19. The van der Waals surface area contributed by atoms with E-state index in [1.54, 1.807) is 0 Å². The first kappa shape index (κ1) is 15.4. The van der Waals surface area contributed by atoms with Crippen LogP contribution >= 0.6 is 0 Å². The summed E-state index contributed by atoms with van der Waals surface area (Å²) in [5, 5.41) is 0. The van der Waals surface area contributed by atoms with Crippen molar-refractivity contribution in [2.45, 2.75) is 71.8 Å². The van der Waals surface area contributed by atoms with Gasteiger partial charge >= 0.3 is 8.56 Å². The summed E-state index contributed by atoms with van der Waals surface area (Å²) in [6, 6.07) is 0. The summed E-state index contributed by atoms with van der Waals surface area (Å²) >= 11 is 0. The van der Waals surface area contributed by atoms with E-state index in [2.05, 4.69) is 53.9 Å². The van der Waals surface area contributed by atoms with Crippen LogP contribution in [0, 0.1) is 0 Å². The molecule has 0 aromatic carbocycles. The molecule has 0 radical (unpaired) electrons. The Hall–Kier alpha value is 0.354. The maximum Gasteiger partial charge on any atom is 0.332 e. The van der Waals surface area contributed by atoms with Crippen molar-refractivity contribution in [2.75, 3.05) is 0 Å². The second kappa shape index (κ2) is 5.61. The van der Waals surface area contributed by atoms with Crippen LogP contribution in [0.1, 0.15) is 27.7 Å². The Morgan fingerprint density at radius 2 is 1.13 bits per heavy atom. The monoisotopic (exact) mass is 248 g/mol. The lowest BCUT2D eigenvalue weighted by Crippen LogP contribution is -2.48. The Kier molecular flexibility index (Phi) is 5.75. The Morgan fingerprint density at radius 3 is 1.33 bits per heavy atom. The van der Waals surface area contributed by atoms with E-state index in [1.165, 1.54) is 5.67 Å². The highest BCUT2D eigenvalue weighted by Crippen LogP contribution is 2.24. The van der Waals surface area contributed by atoms with Crippen LogP contribution < -0.4 is 0 Å². The van der Waals surface area contributed by atoms with Crippen LogP contribution in [0.3, 0.4) is 0 Å². The van der Waals surface area contributed by atoms with E-state index < -0.39 is 16.6 Å². The van der Waals surface area contributed by atoms with Crippen LogP contribution in [0.25, 0.3) is 0 Å². The second-order valence-electron chi connectivity index (χ2n) is 6.20. The Bertz CT molecular complexity index is 176. The van der Waals surface area contributed by atoms with Gasteiger partial charge in [0.2, 0.25) is 0 Å². The normalized spacial score (nSPS) is 14.0. The van der Waals surface area contributed by atoms with Crippen LogP contribution in [-0.4, -0.2) is 28.8 Å². The Balaban J connectivity index is 4.54. The molecule has 0 saturated heterocycles. The lowest BCUT2D eigenvalue weighted by molar-refractivity contribution is 0.112. The molecule has 0 aromatic rings. The van der Waals surface area contributed by atoms with Gasteiger partial charge in [0.15, 0.2) is 0 Å². The fraction of sp³-hybridized carbons (Fsp3) is 1.00. The SMILES string of the molecule is CC(C)O[Si](C)(C[Si](C)(C)C)OC(C)C. The molecule has 0 unspecified atom stereocenters. The fourth-order valence-corrected chi connectivity index (χ4v) is 12.5. The van der Waals surface area contributed by atoms with Crippen LogP contribution in [0.4, 0.5) is 0 Å². The summed E-state index contributed by atoms with van der Waals surface area (Å²) < 4.78 is 12.2. The first-order chi connectivity index (χ1) is 6.54. The largest absolute Gasteiger partial charge is 0.392 e. The van der Waals surface area contributed by atoms with Gasteiger partial charge in [0.25, 0.3) is 0 Å². The molecular weight excluding hydrogens is 220 g/mol. The quantitative estimate of drug-likeness (QED) is 0.666. The van der Waals surface area contributed by atoms with Gasteiger partial charge in [-0.15, -0.1) is 0 Å². The van der Waals surface area contributed by atoms with Gasteiger partial charge in [0.05, 0.1) is 0 Å². The molecule has 0 heterocycles. The van der Waals surface area contributed by atoms with Gasteiger partial charge in [-0.05, 0) is 39.9 Å². The minimum absolute atomic E-state index is 0.275. The lowest BCUT2D eigenvalue weighted by atomic mass is 10.5. The first-order valence-corrected chi connectivity index (χ1v) is 12.1. The molecule has 0 amide bonds. The smallest absolute Gasteiger partial charge is 0.332 e. The van der Waals surface area contributed by atoms with E-state index in [4.69, 9.17) is 8.85 Å². The van der Waals surface area contributed by atoms with Crippen molar-refractivity contribution in [3.05, 3.63) is 0 Å². The molecule has 0 spiro atoms. The zero-order valence-corrected chi connectivity index (χ0v) is 13.7. The van der Waals surface area contributed by atoms with Crippen molar-refractivity contribution in [1.29, 1.82) is 0 Å². The summed E-state index contributed by atoms with van der Waals surface area (Å²) in [4.78, 5) is 0. The summed E-state index contributed by atoms with van der Waals surface area (Å²) in [6.45, 7) is 17.7. The molecule has 0 aromatic heterocycles. The van der Waals surface area contributed by atoms with Gasteiger partial charge in [-0.1, -0.05) is 19.6 Å². The molecular formula is C11H28O2Si2. The average molecular weight is 249 g/mol. The van der Waals surface area contributed by atoms with Crippen molar-refractivity contribution in [1.82, 2.24) is 0 Å². The predicted octanol–water partition coefficient (Wildman–Crippen LogP) is 3.79. The van der Waals surface area contributed by atoms with Crippen LogP contribution in [0.5, 0.6) is 0 Å². The predicted molar refractivity (Wildman–Crippen MR) is 72.2 cm³/mol. The molecule has 0 aliphatic heterocycles. The molecule has 92 valence electrons. The van der Waals surface area contributed by atoms with E-state index in [-0.39, 0.29) is 12.2 Å². The fourth-order valence-electron chi connectivity index (χ4n) is 2.07. The van der Waals surface area contributed by atoms with Crippen LogP contribution in [-0.2, 0) is 8.85 Å². The number of hydrogen-bond donors (Lipinski definition) is 0.